The number of ketones is 1. The first-order valence-electron chi connectivity index (χ1n) is 7.86. The van der Waals surface area contributed by atoms with Gasteiger partial charge in [0.1, 0.15) is 11.6 Å². The molecule has 2 unspecified atom stereocenters. The number of hydrogen-bond acceptors (Lipinski definition) is 2. The Hall–Kier alpha value is -1.43. The molecule has 1 aromatic carbocycles. The SMILES string of the molecule is CN1C2CCC1CC(C(=O)Cc1cc(F)ccc1C(F)(F)F)C2. The van der Waals surface area contributed by atoms with E-state index in [0.29, 0.717) is 24.9 Å². The van der Waals surface area contributed by atoms with Crippen molar-refractivity contribution in [1.82, 2.24) is 4.90 Å². The zero-order chi connectivity index (χ0) is 16.8. The molecule has 0 N–H and O–H groups in total. The van der Waals surface area contributed by atoms with Gasteiger partial charge in [0, 0.05) is 24.4 Å². The van der Waals surface area contributed by atoms with E-state index in [1.807, 2.05) is 7.05 Å². The number of nitrogens with zero attached hydrogens (tertiary/aromatic N) is 1. The van der Waals surface area contributed by atoms with E-state index in [4.69, 9.17) is 0 Å². The number of carbonyl (C=O) groups is 1. The number of piperidine rings is 1. The summed E-state index contributed by atoms with van der Waals surface area (Å²) >= 11 is 0. The van der Waals surface area contributed by atoms with E-state index in [1.165, 1.54) is 0 Å². The maximum atomic E-state index is 13.3. The molecule has 0 radical (unpaired) electrons. The molecule has 2 atom stereocenters. The van der Waals surface area contributed by atoms with Gasteiger partial charge in [0.15, 0.2) is 0 Å². The first-order chi connectivity index (χ1) is 10.8. The quantitative estimate of drug-likeness (QED) is 0.786. The van der Waals surface area contributed by atoms with Crippen molar-refractivity contribution in [2.75, 3.05) is 7.05 Å². The molecular formula is C17H19F4NO. The molecule has 0 aromatic heterocycles. The Labute approximate surface area is 132 Å². The molecule has 0 aliphatic carbocycles. The van der Waals surface area contributed by atoms with Crippen molar-refractivity contribution in [3.05, 3.63) is 35.1 Å². The maximum absolute atomic E-state index is 13.3. The summed E-state index contributed by atoms with van der Waals surface area (Å²) in [5.74, 6) is -1.16. The monoisotopic (exact) mass is 329 g/mol. The van der Waals surface area contributed by atoms with Gasteiger partial charge in [0.05, 0.1) is 5.56 Å². The molecule has 0 saturated carbocycles. The zero-order valence-corrected chi connectivity index (χ0v) is 12.9. The summed E-state index contributed by atoms with van der Waals surface area (Å²) < 4.78 is 52.4. The lowest BCUT2D eigenvalue weighted by molar-refractivity contribution is -0.138. The summed E-state index contributed by atoms with van der Waals surface area (Å²) in [6, 6.07) is 3.03. The highest BCUT2D eigenvalue weighted by atomic mass is 19.4. The van der Waals surface area contributed by atoms with E-state index in [2.05, 4.69) is 4.90 Å². The number of rotatable bonds is 3. The molecule has 2 bridgehead atoms. The van der Waals surface area contributed by atoms with Gasteiger partial charge in [-0.1, -0.05) is 0 Å². The normalized spacial score (nSPS) is 28.1. The summed E-state index contributed by atoms with van der Waals surface area (Å²) in [4.78, 5) is 14.7. The molecule has 2 fully saturated rings. The number of halogens is 4. The van der Waals surface area contributed by atoms with E-state index in [9.17, 15) is 22.4 Å². The lowest BCUT2D eigenvalue weighted by atomic mass is 9.84. The second-order valence-corrected chi connectivity index (χ2v) is 6.66. The van der Waals surface area contributed by atoms with Gasteiger partial charge >= 0.3 is 6.18 Å². The lowest BCUT2D eigenvalue weighted by Crippen LogP contribution is -2.42. The van der Waals surface area contributed by atoms with E-state index >= 15 is 0 Å². The van der Waals surface area contributed by atoms with E-state index in [1.54, 1.807) is 0 Å². The first kappa shape index (κ1) is 16.4. The van der Waals surface area contributed by atoms with Crippen LogP contribution in [0.5, 0.6) is 0 Å². The molecule has 126 valence electrons. The Balaban J connectivity index is 1.77. The Morgan fingerprint density at radius 1 is 1.22 bits per heavy atom. The molecule has 2 heterocycles. The van der Waals surface area contributed by atoms with Crippen LogP contribution in [0.3, 0.4) is 0 Å². The van der Waals surface area contributed by atoms with Crippen molar-refractivity contribution in [3.8, 4) is 0 Å². The third-order valence-corrected chi connectivity index (χ3v) is 5.29. The van der Waals surface area contributed by atoms with Gasteiger partial charge in [-0.05, 0) is 56.5 Å². The van der Waals surface area contributed by atoms with Gasteiger partial charge in [-0.25, -0.2) is 4.39 Å². The van der Waals surface area contributed by atoms with Crippen molar-refractivity contribution in [1.29, 1.82) is 0 Å². The number of fused-ring (bicyclic) bond motifs is 2. The fourth-order valence-electron chi connectivity index (χ4n) is 3.99. The van der Waals surface area contributed by atoms with Crippen molar-refractivity contribution in [2.24, 2.45) is 5.92 Å². The predicted molar refractivity (Wildman–Crippen MR) is 77.4 cm³/mol. The van der Waals surface area contributed by atoms with Crippen LogP contribution in [0.15, 0.2) is 18.2 Å². The van der Waals surface area contributed by atoms with E-state index < -0.39 is 17.6 Å². The lowest BCUT2D eigenvalue weighted by Gasteiger charge is -2.35. The van der Waals surface area contributed by atoms with Crippen LogP contribution >= 0.6 is 0 Å². The molecule has 23 heavy (non-hydrogen) atoms. The fraction of sp³-hybridized carbons (Fsp3) is 0.588. The van der Waals surface area contributed by atoms with Crippen molar-refractivity contribution >= 4 is 5.78 Å². The molecule has 2 nitrogen and oxygen atoms in total. The Morgan fingerprint density at radius 2 is 1.83 bits per heavy atom. The van der Waals surface area contributed by atoms with Gasteiger partial charge in [0.25, 0.3) is 0 Å². The molecule has 6 heteroatoms. The van der Waals surface area contributed by atoms with E-state index in [-0.39, 0.29) is 23.7 Å². The first-order valence-corrected chi connectivity index (χ1v) is 7.86. The fourth-order valence-corrected chi connectivity index (χ4v) is 3.99. The van der Waals surface area contributed by atoms with Crippen molar-refractivity contribution in [3.63, 3.8) is 0 Å². The summed E-state index contributed by atoms with van der Waals surface area (Å²) in [6.45, 7) is 0. The van der Waals surface area contributed by atoms with Crippen LogP contribution in [0.4, 0.5) is 17.6 Å². The third-order valence-electron chi connectivity index (χ3n) is 5.29. The average molecular weight is 329 g/mol. The molecule has 3 rings (SSSR count). The van der Waals surface area contributed by atoms with Crippen LogP contribution in [-0.2, 0) is 17.4 Å². The van der Waals surface area contributed by atoms with Gasteiger partial charge < -0.3 is 4.90 Å². The van der Waals surface area contributed by atoms with Gasteiger partial charge in [-0.2, -0.15) is 13.2 Å². The van der Waals surface area contributed by atoms with E-state index in [0.717, 1.165) is 31.0 Å². The highest BCUT2D eigenvalue weighted by molar-refractivity contribution is 5.84. The highest BCUT2D eigenvalue weighted by Crippen LogP contribution is 2.39. The Kier molecular flexibility index (Phi) is 4.21. The number of carbonyl (C=O) groups excluding carboxylic acids is 1. The van der Waals surface area contributed by atoms with Crippen LogP contribution < -0.4 is 0 Å². The second-order valence-electron chi connectivity index (χ2n) is 6.66. The standard InChI is InChI=1S/C17H19F4NO/c1-22-13-3-4-14(22)8-11(7-13)16(23)9-10-6-12(18)2-5-15(10)17(19,20)21/h2,5-6,11,13-14H,3-4,7-9H2,1H3. The van der Waals surface area contributed by atoms with Crippen molar-refractivity contribution < 1.29 is 22.4 Å². The number of benzene rings is 1. The van der Waals surface area contributed by atoms with Gasteiger partial charge in [-0.3, -0.25) is 4.79 Å². The minimum atomic E-state index is -4.57. The minimum absolute atomic E-state index is 0.203. The van der Waals surface area contributed by atoms with Crippen molar-refractivity contribution in [2.45, 2.75) is 50.4 Å². The van der Waals surface area contributed by atoms with Crippen LogP contribution in [0.25, 0.3) is 0 Å². The second kappa shape index (κ2) is 5.89. The van der Waals surface area contributed by atoms with Gasteiger partial charge in [0.2, 0.25) is 0 Å². The molecule has 1 aromatic rings. The van der Waals surface area contributed by atoms with Gasteiger partial charge in [-0.15, -0.1) is 0 Å². The topological polar surface area (TPSA) is 20.3 Å². The summed E-state index contributed by atoms with van der Waals surface area (Å²) in [6.07, 6.45) is -1.45. The summed E-state index contributed by atoms with van der Waals surface area (Å²) in [5, 5.41) is 0. The predicted octanol–water partition coefficient (Wildman–Crippen LogP) is 3.83. The van der Waals surface area contributed by atoms with Crippen LogP contribution in [0.1, 0.15) is 36.8 Å². The highest BCUT2D eigenvalue weighted by Gasteiger charge is 2.41. The van der Waals surface area contributed by atoms with Crippen LogP contribution in [-0.4, -0.2) is 29.8 Å². The third kappa shape index (κ3) is 3.27. The molecule has 2 saturated heterocycles. The molecular weight excluding hydrogens is 310 g/mol. The number of hydrogen-bond donors (Lipinski definition) is 0. The number of Topliss-reactive ketones (excluding diaryl/α,β-unsaturated/α-hetero) is 1. The minimum Gasteiger partial charge on any atom is -0.300 e. The zero-order valence-electron chi connectivity index (χ0n) is 12.9. The number of alkyl halides is 3. The summed E-state index contributed by atoms with van der Waals surface area (Å²) in [7, 11) is 2.04. The smallest absolute Gasteiger partial charge is 0.300 e. The molecule has 0 spiro atoms. The Morgan fingerprint density at radius 3 is 2.39 bits per heavy atom. The molecule has 2 aliphatic rings. The average Bonchev–Trinajstić information content (AvgIpc) is 2.68. The summed E-state index contributed by atoms with van der Waals surface area (Å²) in [5.41, 5.74) is -1.17. The Bertz CT molecular complexity index is 599. The molecule has 2 aliphatic heterocycles. The maximum Gasteiger partial charge on any atom is 0.416 e. The largest absolute Gasteiger partial charge is 0.416 e. The molecule has 0 amide bonds. The van der Waals surface area contributed by atoms with Crippen LogP contribution in [0.2, 0.25) is 0 Å². The van der Waals surface area contributed by atoms with Crippen LogP contribution in [0, 0.1) is 11.7 Å².